The number of carbonyl (C=O) groups is 1. The van der Waals surface area contributed by atoms with Crippen molar-refractivity contribution in [2.45, 2.75) is 51.7 Å². The van der Waals surface area contributed by atoms with E-state index in [4.69, 9.17) is 0 Å². The molecule has 0 spiro atoms. The molecule has 0 saturated carbocycles. The van der Waals surface area contributed by atoms with Gasteiger partial charge in [-0.05, 0) is 32.7 Å². The summed E-state index contributed by atoms with van der Waals surface area (Å²) in [6.07, 6.45) is 4.33. The molecule has 124 valence electrons. The Hall–Kier alpha value is -1.60. The summed E-state index contributed by atoms with van der Waals surface area (Å²) in [5, 5.41) is 23.3. The highest BCUT2D eigenvalue weighted by atomic mass is 16.3. The molecule has 22 heavy (non-hydrogen) atoms. The lowest BCUT2D eigenvalue weighted by molar-refractivity contribution is 0.0640. The first kappa shape index (κ1) is 16.8. The number of nitrogens with one attached hydrogen (secondary N) is 3. The summed E-state index contributed by atoms with van der Waals surface area (Å²) in [6.45, 7) is 7.67. The normalized spacial score (nSPS) is 21.3. The van der Waals surface area contributed by atoms with Gasteiger partial charge in [0.05, 0.1) is 17.8 Å². The topological polar surface area (TPSA) is 91.2 Å². The second-order valence-corrected chi connectivity index (χ2v) is 6.05. The van der Waals surface area contributed by atoms with Gasteiger partial charge in [0.1, 0.15) is 5.82 Å². The van der Waals surface area contributed by atoms with Crippen LogP contribution in [0.2, 0.25) is 0 Å². The lowest BCUT2D eigenvalue weighted by atomic mass is 10.0. The van der Waals surface area contributed by atoms with Gasteiger partial charge in [-0.1, -0.05) is 13.8 Å². The van der Waals surface area contributed by atoms with E-state index in [-0.39, 0.29) is 18.6 Å². The van der Waals surface area contributed by atoms with Crippen molar-refractivity contribution in [2.24, 2.45) is 0 Å². The van der Waals surface area contributed by atoms with E-state index in [0.717, 1.165) is 30.8 Å². The molecule has 1 fully saturated rings. The molecule has 1 aliphatic heterocycles. The number of aromatic nitrogens is 2. The van der Waals surface area contributed by atoms with Gasteiger partial charge in [-0.25, -0.2) is 9.48 Å². The van der Waals surface area contributed by atoms with E-state index >= 15 is 0 Å². The number of aryl methyl sites for hydroxylation is 1. The van der Waals surface area contributed by atoms with E-state index in [1.54, 1.807) is 6.20 Å². The van der Waals surface area contributed by atoms with Crippen LogP contribution in [0, 0.1) is 6.92 Å². The van der Waals surface area contributed by atoms with Crippen LogP contribution in [0.15, 0.2) is 6.20 Å². The summed E-state index contributed by atoms with van der Waals surface area (Å²) in [7, 11) is 0. The van der Waals surface area contributed by atoms with Gasteiger partial charge in [0.15, 0.2) is 0 Å². The zero-order valence-corrected chi connectivity index (χ0v) is 13.6. The Bertz CT molecular complexity index is 504. The minimum absolute atomic E-state index is 0.240. The Labute approximate surface area is 131 Å². The number of carbonyl (C=O) groups excluding carboxylic acids is 1. The molecule has 1 saturated heterocycles. The number of β-amino-alcohol motifs (C(OH)–C–C–N with tert-alkyl or cyclic N) is 1. The van der Waals surface area contributed by atoms with Crippen molar-refractivity contribution in [3.05, 3.63) is 11.8 Å². The Balaban J connectivity index is 1.97. The Morgan fingerprint density at radius 2 is 2.27 bits per heavy atom. The summed E-state index contributed by atoms with van der Waals surface area (Å²) >= 11 is 0. The number of amides is 2. The van der Waals surface area contributed by atoms with E-state index in [9.17, 15) is 9.90 Å². The van der Waals surface area contributed by atoms with E-state index in [1.165, 1.54) is 0 Å². The van der Waals surface area contributed by atoms with Crippen LogP contribution in [0.25, 0.3) is 0 Å². The zero-order valence-electron chi connectivity index (χ0n) is 13.6. The van der Waals surface area contributed by atoms with Crippen LogP contribution in [0.3, 0.4) is 0 Å². The smallest absolute Gasteiger partial charge is 0.320 e. The van der Waals surface area contributed by atoms with Gasteiger partial charge in [-0.3, -0.25) is 5.32 Å². The molecule has 0 aliphatic carbocycles. The summed E-state index contributed by atoms with van der Waals surface area (Å²) in [5.41, 5.74) is 0.0884. The van der Waals surface area contributed by atoms with Crippen LogP contribution < -0.4 is 16.0 Å². The fraction of sp³-hybridized carbons (Fsp3) is 0.733. The molecule has 2 heterocycles. The second-order valence-electron chi connectivity index (χ2n) is 6.05. The van der Waals surface area contributed by atoms with Crippen molar-refractivity contribution >= 4 is 11.8 Å². The van der Waals surface area contributed by atoms with Crippen molar-refractivity contribution in [3.63, 3.8) is 0 Å². The Morgan fingerprint density at radius 1 is 1.55 bits per heavy atom. The number of hydrogen-bond donors (Lipinski definition) is 4. The number of nitrogens with zero attached hydrogens (tertiary/aromatic N) is 2. The third-order valence-electron chi connectivity index (χ3n) is 4.30. The average molecular weight is 309 g/mol. The lowest BCUT2D eigenvalue weighted by Gasteiger charge is -2.22. The van der Waals surface area contributed by atoms with Crippen LogP contribution in [-0.4, -0.2) is 46.2 Å². The number of rotatable bonds is 6. The predicted molar refractivity (Wildman–Crippen MR) is 86.0 cm³/mol. The van der Waals surface area contributed by atoms with Crippen molar-refractivity contribution < 1.29 is 9.90 Å². The number of aliphatic hydroxyl groups is 1. The number of urea groups is 1. The second kappa shape index (κ2) is 7.11. The SMILES string of the molecule is CCC(CC)n1ncc(C)c1NC(=O)NC[C@]1(O)CCNC1. The molecule has 1 aromatic rings. The molecule has 1 aliphatic rings. The Kier molecular flexibility index (Phi) is 5.42. The maximum Gasteiger partial charge on any atom is 0.320 e. The van der Waals surface area contributed by atoms with Gasteiger partial charge in [0.25, 0.3) is 0 Å². The van der Waals surface area contributed by atoms with Gasteiger partial charge in [-0.2, -0.15) is 5.10 Å². The molecule has 1 aromatic heterocycles. The van der Waals surface area contributed by atoms with Crippen molar-refractivity contribution in [2.75, 3.05) is 25.0 Å². The third-order valence-corrected chi connectivity index (χ3v) is 4.30. The van der Waals surface area contributed by atoms with Gasteiger partial charge in [-0.15, -0.1) is 0 Å². The first-order valence-corrected chi connectivity index (χ1v) is 8.01. The van der Waals surface area contributed by atoms with E-state index in [1.807, 2.05) is 11.6 Å². The van der Waals surface area contributed by atoms with Crippen molar-refractivity contribution in [1.29, 1.82) is 0 Å². The highest BCUT2D eigenvalue weighted by Gasteiger charge is 2.31. The summed E-state index contributed by atoms with van der Waals surface area (Å²) in [4.78, 5) is 12.1. The van der Waals surface area contributed by atoms with Gasteiger partial charge in [0.2, 0.25) is 0 Å². The molecule has 1 atom stereocenters. The molecule has 4 N–H and O–H groups in total. The highest BCUT2D eigenvalue weighted by molar-refractivity contribution is 5.89. The standard InChI is InChI=1S/C15H27N5O2/c1-4-12(5-2)20-13(11(3)8-18-20)19-14(21)17-10-15(22)6-7-16-9-15/h8,12,16,22H,4-7,9-10H2,1-3H3,(H2,17,19,21)/t15-/m0/s1. The first-order chi connectivity index (χ1) is 10.5. The maximum absolute atomic E-state index is 12.1. The van der Waals surface area contributed by atoms with Crippen LogP contribution in [0.4, 0.5) is 10.6 Å². The van der Waals surface area contributed by atoms with Crippen LogP contribution in [-0.2, 0) is 0 Å². The molecule has 0 bridgehead atoms. The highest BCUT2D eigenvalue weighted by Crippen LogP contribution is 2.23. The average Bonchev–Trinajstić information content (AvgIpc) is 3.08. The molecule has 7 heteroatoms. The molecule has 2 rings (SSSR count). The fourth-order valence-corrected chi connectivity index (χ4v) is 2.79. The molecule has 7 nitrogen and oxygen atoms in total. The Morgan fingerprint density at radius 3 is 2.86 bits per heavy atom. The third kappa shape index (κ3) is 3.78. The largest absolute Gasteiger partial charge is 0.387 e. The molecule has 0 radical (unpaired) electrons. The quantitative estimate of drug-likeness (QED) is 0.639. The van der Waals surface area contributed by atoms with Gasteiger partial charge < -0.3 is 15.7 Å². The predicted octanol–water partition coefficient (Wildman–Crippen LogP) is 1.40. The van der Waals surface area contributed by atoms with Crippen LogP contribution in [0.5, 0.6) is 0 Å². The number of anilines is 1. The molecule has 0 unspecified atom stereocenters. The molecular weight excluding hydrogens is 282 g/mol. The van der Waals surface area contributed by atoms with Crippen molar-refractivity contribution in [1.82, 2.24) is 20.4 Å². The van der Waals surface area contributed by atoms with Gasteiger partial charge in [0, 0.05) is 18.7 Å². The molecular formula is C15H27N5O2. The number of hydrogen-bond acceptors (Lipinski definition) is 4. The summed E-state index contributed by atoms with van der Waals surface area (Å²) in [5.74, 6) is 0.725. The summed E-state index contributed by atoms with van der Waals surface area (Å²) in [6, 6.07) is -0.0386. The van der Waals surface area contributed by atoms with Gasteiger partial charge >= 0.3 is 6.03 Å². The monoisotopic (exact) mass is 309 g/mol. The molecule has 0 aromatic carbocycles. The van der Waals surface area contributed by atoms with E-state index < -0.39 is 5.60 Å². The minimum Gasteiger partial charge on any atom is -0.387 e. The van der Waals surface area contributed by atoms with E-state index in [0.29, 0.717) is 13.0 Å². The van der Waals surface area contributed by atoms with Crippen LogP contribution in [0.1, 0.15) is 44.7 Å². The first-order valence-electron chi connectivity index (χ1n) is 8.01. The van der Waals surface area contributed by atoms with Crippen molar-refractivity contribution in [3.8, 4) is 0 Å². The fourth-order valence-electron chi connectivity index (χ4n) is 2.79. The summed E-state index contributed by atoms with van der Waals surface area (Å²) < 4.78 is 1.88. The zero-order chi connectivity index (χ0) is 16.2. The minimum atomic E-state index is -0.845. The van der Waals surface area contributed by atoms with E-state index in [2.05, 4.69) is 34.9 Å². The lowest BCUT2D eigenvalue weighted by Crippen LogP contribution is -2.45. The van der Waals surface area contributed by atoms with Crippen LogP contribution >= 0.6 is 0 Å². The maximum atomic E-state index is 12.1. The molecule has 2 amide bonds.